The lowest BCUT2D eigenvalue weighted by Gasteiger charge is -2.29. The lowest BCUT2D eigenvalue weighted by Crippen LogP contribution is -2.51. The van der Waals surface area contributed by atoms with E-state index in [2.05, 4.69) is 79.6 Å². The molecule has 184 valence electrons. The third kappa shape index (κ3) is 5.00. The summed E-state index contributed by atoms with van der Waals surface area (Å²) >= 11 is 28.8. The molecule has 3 aromatic carbocycles. The van der Waals surface area contributed by atoms with Crippen LogP contribution in [0.25, 0.3) is 0 Å². The van der Waals surface area contributed by atoms with E-state index in [1.165, 1.54) is 18.2 Å². The van der Waals surface area contributed by atoms with Gasteiger partial charge in [0.15, 0.2) is 5.78 Å². The first-order valence-electron chi connectivity index (χ1n) is 9.74. The van der Waals surface area contributed by atoms with Crippen LogP contribution in [-0.4, -0.2) is 40.1 Å². The molecular formula is C23H9Br5Cl2N2O4. The van der Waals surface area contributed by atoms with Gasteiger partial charge in [0.2, 0.25) is 0 Å². The van der Waals surface area contributed by atoms with Crippen LogP contribution >= 0.6 is 103 Å². The van der Waals surface area contributed by atoms with Crippen molar-refractivity contribution < 1.29 is 19.2 Å². The highest BCUT2D eigenvalue weighted by Crippen LogP contribution is 2.45. The number of hydrogen-bond donors (Lipinski definition) is 0. The summed E-state index contributed by atoms with van der Waals surface area (Å²) in [5, 5.41) is 1.80. The number of amides is 3. The van der Waals surface area contributed by atoms with E-state index in [4.69, 9.17) is 23.2 Å². The van der Waals surface area contributed by atoms with E-state index in [1.54, 1.807) is 24.3 Å². The van der Waals surface area contributed by atoms with E-state index < -0.39 is 30.0 Å². The monoisotopic (exact) mass is 842 g/mol. The molecule has 4 rings (SSSR count). The maximum absolute atomic E-state index is 13.6. The Kier molecular flexibility index (Phi) is 8.50. The summed E-state index contributed by atoms with van der Waals surface area (Å²) in [6.07, 6.45) is 0. The molecule has 0 saturated heterocycles. The van der Waals surface area contributed by atoms with Gasteiger partial charge in [0.25, 0.3) is 17.7 Å². The molecule has 0 aliphatic carbocycles. The van der Waals surface area contributed by atoms with Crippen LogP contribution in [0.3, 0.4) is 0 Å². The Morgan fingerprint density at radius 3 is 1.72 bits per heavy atom. The Balaban J connectivity index is 1.83. The predicted octanol–water partition coefficient (Wildman–Crippen LogP) is 8.34. The molecule has 1 aliphatic rings. The lowest BCUT2D eigenvalue weighted by molar-refractivity contribution is 0.00527. The summed E-state index contributed by atoms with van der Waals surface area (Å²) in [5.41, 5.74) is 0.384. The van der Waals surface area contributed by atoms with Crippen molar-refractivity contribution in [3.05, 3.63) is 97.1 Å². The number of benzene rings is 3. The summed E-state index contributed by atoms with van der Waals surface area (Å²) in [4.78, 5) is 53.9. The fourth-order valence-corrected chi connectivity index (χ4v) is 6.45. The second kappa shape index (κ2) is 11.0. The molecule has 0 unspecified atom stereocenters. The highest BCUT2D eigenvalue weighted by molar-refractivity contribution is 9.15. The molecule has 0 fully saturated rings. The van der Waals surface area contributed by atoms with Crippen LogP contribution in [0.2, 0.25) is 10.0 Å². The third-order valence-electron chi connectivity index (χ3n) is 5.18. The molecule has 0 spiro atoms. The van der Waals surface area contributed by atoms with Gasteiger partial charge in [-0.2, -0.15) is 5.01 Å². The average Bonchev–Trinajstić information content (AvgIpc) is 3.11. The van der Waals surface area contributed by atoms with Crippen molar-refractivity contribution >= 4 is 126 Å². The molecule has 3 amide bonds. The average molecular weight is 848 g/mol. The summed E-state index contributed by atoms with van der Waals surface area (Å²) in [6.45, 7) is -0.593. The topological polar surface area (TPSA) is 74.8 Å². The molecule has 0 bridgehead atoms. The lowest BCUT2D eigenvalue weighted by atomic mass is 10.1. The van der Waals surface area contributed by atoms with Gasteiger partial charge in [-0.25, -0.2) is 5.01 Å². The summed E-state index contributed by atoms with van der Waals surface area (Å²) in [6, 6.07) is 10.6. The Morgan fingerprint density at radius 1 is 0.722 bits per heavy atom. The number of imide groups is 1. The molecule has 1 heterocycles. The smallest absolute Gasteiger partial charge is 0.282 e. The number of carbonyl (C=O) groups is 4. The molecule has 0 aromatic heterocycles. The van der Waals surface area contributed by atoms with Gasteiger partial charge in [-0.05, 0) is 94.1 Å². The quantitative estimate of drug-likeness (QED) is 0.112. The minimum atomic E-state index is -0.793. The number of carbonyl (C=O) groups excluding carboxylic acids is 4. The molecule has 0 N–H and O–H groups in total. The van der Waals surface area contributed by atoms with E-state index in [1.807, 2.05) is 0 Å². The normalized spacial score (nSPS) is 12.7. The summed E-state index contributed by atoms with van der Waals surface area (Å²) in [5.74, 6) is -2.85. The maximum Gasteiger partial charge on any atom is 0.282 e. The van der Waals surface area contributed by atoms with Gasteiger partial charge in [-0.15, -0.1) is 0 Å². The largest absolute Gasteiger partial charge is 0.292 e. The molecule has 0 radical (unpaired) electrons. The van der Waals surface area contributed by atoms with Crippen LogP contribution in [0.1, 0.15) is 41.4 Å². The van der Waals surface area contributed by atoms with Gasteiger partial charge < -0.3 is 0 Å². The fourth-order valence-electron chi connectivity index (χ4n) is 3.43. The van der Waals surface area contributed by atoms with Crippen LogP contribution in [0, 0.1) is 0 Å². The van der Waals surface area contributed by atoms with Crippen molar-refractivity contribution in [1.82, 2.24) is 10.0 Å². The van der Waals surface area contributed by atoms with Gasteiger partial charge >= 0.3 is 0 Å². The van der Waals surface area contributed by atoms with Crippen molar-refractivity contribution in [2.75, 3.05) is 6.54 Å². The zero-order valence-electron chi connectivity index (χ0n) is 17.4. The van der Waals surface area contributed by atoms with Gasteiger partial charge in [-0.3, -0.25) is 19.2 Å². The summed E-state index contributed by atoms with van der Waals surface area (Å²) < 4.78 is 2.37. The number of rotatable bonds is 5. The molecule has 6 nitrogen and oxygen atoms in total. The van der Waals surface area contributed by atoms with Crippen LogP contribution in [0.5, 0.6) is 0 Å². The second-order valence-electron chi connectivity index (χ2n) is 7.35. The molecule has 0 atom stereocenters. The van der Waals surface area contributed by atoms with Crippen LogP contribution in [0.4, 0.5) is 0 Å². The number of hydrogen-bond acceptors (Lipinski definition) is 4. The molecule has 0 saturated carbocycles. The van der Waals surface area contributed by atoms with Gasteiger partial charge in [-0.1, -0.05) is 51.3 Å². The standard InChI is InChI=1S/C23H9Br5Cl2N2O4/c24-11-4-1-9(2-5-11)14(33)8-31(21(34)10-3-6-12(29)13(30)7-10)32-22(35)15-16(23(32)36)18(26)20(28)19(27)17(15)25/h1-7H,8H2. The molecule has 13 heteroatoms. The number of hydrazine groups is 1. The Bertz CT molecular complexity index is 1430. The minimum absolute atomic E-state index is 0.0324. The number of fused-ring (bicyclic) bond motifs is 1. The van der Waals surface area contributed by atoms with Crippen molar-refractivity contribution in [1.29, 1.82) is 0 Å². The number of halogens is 7. The number of nitrogens with zero attached hydrogens (tertiary/aromatic N) is 2. The van der Waals surface area contributed by atoms with Crippen LogP contribution in [-0.2, 0) is 0 Å². The summed E-state index contributed by atoms with van der Waals surface area (Å²) in [7, 11) is 0. The third-order valence-corrected chi connectivity index (χ3v) is 11.2. The fraction of sp³-hybridized carbons (Fsp3) is 0.0435. The molecule has 1 aliphatic heterocycles. The van der Waals surface area contributed by atoms with Gasteiger partial charge in [0.1, 0.15) is 6.54 Å². The Labute approximate surface area is 256 Å². The highest BCUT2D eigenvalue weighted by atomic mass is 79.9. The SMILES string of the molecule is O=C(CN(C(=O)c1ccc(Cl)c(Cl)c1)N1C(=O)c2c(Br)c(Br)c(Br)c(Br)c2C1=O)c1ccc(Br)cc1. The van der Waals surface area contributed by atoms with Crippen LogP contribution < -0.4 is 0 Å². The number of ketones is 1. The van der Waals surface area contributed by atoms with E-state index in [-0.39, 0.29) is 32.3 Å². The second-order valence-corrected chi connectivity index (χ2v) is 12.3. The van der Waals surface area contributed by atoms with Crippen molar-refractivity contribution in [2.24, 2.45) is 0 Å². The zero-order chi connectivity index (χ0) is 26.5. The Hall–Kier alpha value is -1.08. The zero-order valence-corrected chi connectivity index (χ0v) is 26.9. The predicted molar refractivity (Wildman–Crippen MR) is 154 cm³/mol. The van der Waals surface area contributed by atoms with Gasteiger partial charge in [0.05, 0.1) is 21.2 Å². The first kappa shape index (κ1) is 27.9. The van der Waals surface area contributed by atoms with E-state index in [9.17, 15) is 19.2 Å². The molecular weight excluding hydrogens is 839 g/mol. The van der Waals surface area contributed by atoms with Crippen molar-refractivity contribution in [3.63, 3.8) is 0 Å². The van der Waals surface area contributed by atoms with E-state index in [0.717, 1.165) is 9.48 Å². The van der Waals surface area contributed by atoms with E-state index >= 15 is 0 Å². The first-order chi connectivity index (χ1) is 16.9. The minimum Gasteiger partial charge on any atom is -0.292 e. The first-order valence-corrected chi connectivity index (χ1v) is 14.5. The van der Waals surface area contributed by atoms with Crippen LogP contribution in [0.15, 0.2) is 64.8 Å². The van der Waals surface area contributed by atoms with Crippen molar-refractivity contribution in [2.45, 2.75) is 0 Å². The van der Waals surface area contributed by atoms with Crippen molar-refractivity contribution in [3.8, 4) is 0 Å². The Morgan fingerprint density at radius 2 is 1.22 bits per heavy atom. The van der Waals surface area contributed by atoms with E-state index in [0.29, 0.717) is 22.9 Å². The maximum atomic E-state index is 13.6. The molecule has 3 aromatic rings. The van der Waals surface area contributed by atoms with Gasteiger partial charge in [0, 0.05) is 33.5 Å². The number of Topliss-reactive ketones (excluding diaryl/α,β-unsaturated/α-hetero) is 1. The molecule has 36 heavy (non-hydrogen) atoms. The highest BCUT2D eigenvalue weighted by Gasteiger charge is 2.46.